The van der Waals surface area contributed by atoms with Crippen molar-refractivity contribution in [1.29, 1.82) is 0 Å². The lowest BCUT2D eigenvalue weighted by Crippen LogP contribution is -2.34. The van der Waals surface area contributed by atoms with E-state index in [0.29, 0.717) is 13.1 Å². The Hall–Kier alpha value is -3.15. The van der Waals surface area contributed by atoms with Crippen molar-refractivity contribution in [2.75, 3.05) is 0 Å². The van der Waals surface area contributed by atoms with Gasteiger partial charge in [-0.15, -0.1) is 0 Å². The third-order valence-electron chi connectivity index (χ3n) is 4.17. The van der Waals surface area contributed by atoms with Crippen molar-refractivity contribution in [3.05, 3.63) is 71.8 Å². The van der Waals surface area contributed by atoms with Crippen molar-refractivity contribution in [2.45, 2.75) is 26.4 Å². The number of pyridine rings is 1. The highest BCUT2D eigenvalue weighted by molar-refractivity contribution is 5.73. The predicted octanol–water partition coefficient (Wildman–Crippen LogP) is 3.04. The van der Waals surface area contributed by atoms with Crippen LogP contribution in [-0.4, -0.2) is 20.8 Å². The highest BCUT2D eigenvalue weighted by atomic mass is 16.2. The summed E-state index contributed by atoms with van der Waals surface area (Å²) in [6.45, 7) is 3.01. The van der Waals surface area contributed by atoms with E-state index in [1.54, 1.807) is 10.9 Å². The van der Waals surface area contributed by atoms with E-state index in [1.807, 2.05) is 55.8 Å². The summed E-state index contributed by atoms with van der Waals surface area (Å²) in [4.78, 5) is 16.2. The van der Waals surface area contributed by atoms with Crippen LogP contribution in [0.5, 0.6) is 0 Å². The minimum atomic E-state index is -0.188. The van der Waals surface area contributed by atoms with Gasteiger partial charge in [0.1, 0.15) is 0 Å². The maximum absolute atomic E-state index is 12.0. The van der Waals surface area contributed by atoms with Crippen molar-refractivity contribution in [2.24, 2.45) is 7.05 Å². The molecule has 0 aliphatic heterocycles. The van der Waals surface area contributed by atoms with E-state index in [1.165, 1.54) is 0 Å². The number of nitrogens with zero attached hydrogens (tertiary/aromatic N) is 3. The summed E-state index contributed by atoms with van der Waals surface area (Å²) in [5, 5.41) is 10.1. The van der Waals surface area contributed by atoms with E-state index in [0.717, 1.165) is 34.4 Å². The van der Waals surface area contributed by atoms with Gasteiger partial charge in [0.2, 0.25) is 0 Å². The largest absolute Gasteiger partial charge is 0.334 e. The van der Waals surface area contributed by atoms with Crippen LogP contribution in [0.15, 0.2) is 55.0 Å². The van der Waals surface area contributed by atoms with Crippen molar-refractivity contribution >= 4 is 6.03 Å². The van der Waals surface area contributed by atoms with Crippen molar-refractivity contribution in [3.8, 4) is 11.1 Å². The topological polar surface area (TPSA) is 71.8 Å². The van der Waals surface area contributed by atoms with Crippen molar-refractivity contribution in [3.63, 3.8) is 0 Å². The third-order valence-corrected chi connectivity index (χ3v) is 4.17. The zero-order valence-electron chi connectivity index (χ0n) is 15.1. The zero-order chi connectivity index (χ0) is 18.4. The van der Waals surface area contributed by atoms with Gasteiger partial charge in [0.15, 0.2) is 0 Å². The lowest BCUT2D eigenvalue weighted by molar-refractivity contribution is 0.240. The van der Waals surface area contributed by atoms with Gasteiger partial charge in [0.25, 0.3) is 0 Å². The van der Waals surface area contributed by atoms with Gasteiger partial charge in [-0.3, -0.25) is 9.67 Å². The van der Waals surface area contributed by atoms with Crippen molar-refractivity contribution < 1.29 is 4.79 Å². The molecule has 6 heteroatoms. The van der Waals surface area contributed by atoms with E-state index >= 15 is 0 Å². The highest BCUT2D eigenvalue weighted by Gasteiger charge is 2.07. The van der Waals surface area contributed by atoms with E-state index in [4.69, 9.17) is 0 Å². The Balaban J connectivity index is 1.50. The normalized spacial score (nSPS) is 10.5. The first-order valence-electron chi connectivity index (χ1n) is 8.68. The highest BCUT2D eigenvalue weighted by Crippen LogP contribution is 2.18. The first-order valence-corrected chi connectivity index (χ1v) is 8.68. The van der Waals surface area contributed by atoms with Crippen LogP contribution < -0.4 is 10.6 Å². The molecule has 0 radical (unpaired) electrons. The molecule has 0 aliphatic rings. The molecular weight excluding hydrogens is 326 g/mol. The average Bonchev–Trinajstić information content (AvgIpc) is 3.05. The van der Waals surface area contributed by atoms with Gasteiger partial charge in [-0.05, 0) is 29.2 Å². The molecule has 2 aromatic heterocycles. The van der Waals surface area contributed by atoms with Crippen LogP contribution >= 0.6 is 0 Å². The fraction of sp³-hybridized carbons (Fsp3) is 0.250. The fourth-order valence-electron chi connectivity index (χ4n) is 2.80. The fourth-order valence-corrected chi connectivity index (χ4v) is 2.80. The Kier molecular flexibility index (Phi) is 5.63. The Morgan fingerprint density at radius 2 is 1.85 bits per heavy atom. The van der Waals surface area contributed by atoms with Crippen LogP contribution in [-0.2, 0) is 26.6 Å². The third kappa shape index (κ3) is 4.47. The molecule has 0 atom stereocenters. The molecule has 3 rings (SSSR count). The van der Waals surface area contributed by atoms with Gasteiger partial charge in [0, 0.05) is 44.3 Å². The lowest BCUT2D eigenvalue weighted by atomic mass is 10.1. The summed E-state index contributed by atoms with van der Waals surface area (Å²) >= 11 is 0. The van der Waals surface area contributed by atoms with Gasteiger partial charge in [-0.1, -0.05) is 37.3 Å². The average molecular weight is 349 g/mol. The van der Waals surface area contributed by atoms with Crippen LogP contribution in [0.2, 0.25) is 0 Å². The summed E-state index contributed by atoms with van der Waals surface area (Å²) in [5.41, 5.74) is 5.29. The number of amides is 2. The standard InChI is InChI=1S/C20H23N5O/c1-3-19-18(14-25(2)24-19)13-23-20(26)22-11-15-6-8-16(9-7-15)17-5-4-10-21-12-17/h4-10,12,14H,3,11,13H2,1-2H3,(H2,22,23,26). The first kappa shape index (κ1) is 17.7. The molecule has 2 amide bonds. The number of benzene rings is 1. The number of hydrogen-bond acceptors (Lipinski definition) is 3. The Labute approximate surface area is 153 Å². The van der Waals surface area contributed by atoms with Crippen molar-refractivity contribution in [1.82, 2.24) is 25.4 Å². The smallest absolute Gasteiger partial charge is 0.315 e. The molecule has 134 valence electrons. The van der Waals surface area contributed by atoms with E-state index in [-0.39, 0.29) is 6.03 Å². The molecule has 0 spiro atoms. The van der Waals surface area contributed by atoms with Gasteiger partial charge in [-0.25, -0.2) is 4.79 Å². The number of nitrogens with one attached hydrogen (secondary N) is 2. The molecule has 0 unspecified atom stereocenters. The number of carbonyl (C=O) groups excluding carboxylic acids is 1. The lowest BCUT2D eigenvalue weighted by Gasteiger charge is -2.08. The molecule has 2 N–H and O–H groups in total. The van der Waals surface area contributed by atoms with Crippen LogP contribution in [0.25, 0.3) is 11.1 Å². The summed E-state index contributed by atoms with van der Waals surface area (Å²) in [6, 6.07) is 11.9. The summed E-state index contributed by atoms with van der Waals surface area (Å²) in [6.07, 6.45) is 6.39. The Bertz CT molecular complexity index is 856. The van der Waals surface area contributed by atoms with Gasteiger partial charge < -0.3 is 10.6 Å². The summed E-state index contributed by atoms with van der Waals surface area (Å²) in [5.74, 6) is 0. The first-order chi connectivity index (χ1) is 12.7. The molecule has 0 aliphatic carbocycles. The quantitative estimate of drug-likeness (QED) is 0.718. The molecular formula is C20H23N5O. The molecule has 0 saturated carbocycles. The van der Waals surface area contributed by atoms with Crippen LogP contribution in [0, 0.1) is 0 Å². The predicted molar refractivity (Wildman–Crippen MR) is 101 cm³/mol. The van der Waals surface area contributed by atoms with Gasteiger partial charge in [0.05, 0.1) is 5.69 Å². The Morgan fingerprint density at radius 1 is 1.08 bits per heavy atom. The number of hydrogen-bond donors (Lipinski definition) is 2. The number of aryl methyl sites for hydroxylation is 2. The second kappa shape index (κ2) is 8.29. The second-order valence-electron chi connectivity index (χ2n) is 6.10. The molecule has 1 aromatic carbocycles. The second-order valence-corrected chi connectivity index (χ2v) is 6.10. The minimum Gasteiger partial charge on any atom is -0.334 e. The molecule has 0 saturated heterocycles. The number of carbonyl (C=O) groups is 1. The van der Waals surface area contributed by atoms with E-state index in [2.05, 4.69) is 27.6 Å². The minimum absolute atomic E-state index is 0.188. The Morgan fingerprint density at radius 3 is 2.54 bits per heavy atom. The molecule has 6 nitrogen and oxygen atoms in total. The maximum atomic E-state index is 12.0. The molecule has 2 heterocycles. The van der Waals surface area contributed by atoms with E-state index < -0.39 is 0 Å². The molecule has 0 fully saturated rings. The van der Waals surface area contributed by atoms with Gasteiger partial charge in [-0.2, -0.15) is 5.10 Å². The maximum Gasteiger partial charge on any atom is 0.315 e. The molecule has 3 aromatic rings. The van der Waals surface area contributed by atoms with Crippen LogP contribution in [0.4, 0.5) is 4.79 Å². The van der Waals surface area contributed by atoms with Gasteiger partial charge >= 0.3 is 6.03 Å². The monoisotopic (exact) mass is 349 g/mol. The van der Waals surface area contributed by atoms with Crippen LogP contribution in [0.1, 0.15) is 23.7 Å². The SMILES string of the molecule is CCc1nn(C)cc1CNC(=O)NCc1ccc(-c2cccnc2)cc1. The van der Waals surface area contributed by atoms with Crippen LogP contribution in [0.3, 0.4) is 0 Å². The molecule has 26 heavy (non-hydrogen) atoms. The summed E-state index contributed by atoms with van der Waals surface area (Å²) < 4.78 is 1.78. The van der Waals surface area contributed by atoms with E-state index in [9.17, 15) is 4.79 Å². The number of urea groups is 1. The molecule has 0 bridgehead atoms. The summed E-state index contributed by atoms with van der Waals surface area (Å²) in [7, 11) is 1.89. The number of aromatic nitrogens is 3. The zero-order valence-corrected chi connectivity index (χ0v) is 15.1. The number of rotatable bonds is 6.